The molecule has 0 saturated heterocycles. The van der Waals surface area contributed by atoms with Crippen molar-refractivity contribution < 1.29 is 27.5 Å². The lowest BCUT2D eigenvalue weighted by molar-refractivity contribution is -0.137. The summed E-state index contributed by atoms with van der Waals surface area (Å²) in [5.41, 5.74) is -0.709. The summed E-state index contributed by atoms with van der Waals surface area (Å²) in [5, 5.41) is 2.26. The number of esters is 1. The zero-order valence-electron chi connectivity index (χ0n) is 12.2. The molecule has 0 spiro atoms. The molecule has 0 unspecified atom stereocenters. The number of halogens is 5. The summed E-state index contributed by atoms with van der Waals surface area (Å²) in [5.74, 6) is -1.58. The number of rotatable bonds is 4. The number of amides is 1. The number of anilines is 1. The lowest BCUT2D eigenvalue weighted by Crippen LogP contribution is -2.21. The van der Waals surface area contributed by atoms with Crippen LogP contribution in [0.15, 0.2) is 36.4 Å². The number of hydrogen-bond acceptors (Lipinski definition) is 4. The summed E-state index contributed by atoms with van der Waals surface area (Å²) in [6.45, 7) is -0.641. The van der Waals surface area contributed by atoms with Crippen LogP contribution in [0.3, 0.4) is 0 Å². The van der Waals surface area contributed by atoms with Gasteiger partial charge < -0.3 is 10.1 Å². The fourth-order valence-corrected chi connectivity index (χ4v) is 2.20. The smallest absolute Gasteiger partial charge is 0.416 e. The number of carbonyl (C=O) groups is 2. The number of alkyl halides is 3. The first-order valence-corrected chi connectivity index (χ1v) is 7.38. The van der Waals surface area contributed by atoms with E-state index >= 15 is 0 Å². The van der Waals surface area contributed by atoms with Crippen molar-refractivity contribution in [3.8, 4) is 0 Å². The van der Waals surface area contributed by atoms with Gasteiger partial charge in [0.05, 0.1) is 11.1 Å². The van der Waals surface area contributed by atoms with Crippen molar-refractivity contribution in [2.24, 2.45) is 0 Å². The topological polar surface area (TPSA) is 68.3 Å². The number of carbonyl (C=O) groups excluding carboxylic acids is 2. The first-order chi connectivity index (χ1) is 11.6. The van der Waals surface area contributed by atoms with E-state index in [-0.39, 0.29) is 21.6 Å². The van der Waals surface area contributed by atoms with Gasteiger partial charge in [0, 0.05) is 5.69 Å². The van der Waals surface area contributed by atoms with Crippen molar-refractivity contribution in [1.29, 1.82) is 0 Å². The van der Waals surface area contributed by atoms with Gasteiger partial charge in [0.25, 0.3) is 5.91 Å². The number of pyridine rings is 1. The molecule has 1 heterocycles. The maximum absolute atomic E-state index is 12.4. The number of hydrogen-bond donors (Lipinski definition) is 1. The third-order valence-electron chi connectivity index (χ3n) is 2.83. The van der Waals surface area contributed by atoms with E-state index in [0.717, 1.165) is 24.3 Å². The van der Waals surface area contributed by atoms with Gasteiger partial charge in [0.1, 0.15) is 10.3 Å². The van der Waals surface area contributed by atoms with Gasteiger partial charge in [0.2, 0.25) is 0 Å². The molecule has 1 aromatic heterocycles. The highest BCUT2D eigenvalue weighted by Gasteiger charge is 2.30. The van der Waals surface area contributed by atoms with Crippen LogP contribution in [0.1, 0.15) is 15.9 Å². The van der Waals surface area contributed by atoms with Crippen LogP contribution < -0.4 is 5.32 Å². The Kier molecular flexibility index (Phi) is 5.86. The summed E-state index contributed by atoms with van der Waals surface area (Å²) in [7, 11) is 0. The van der Waals surface area contributed by atoms with Gasteiger partial charge in [-0.3, -0.25) is 4.79 Å². The van der Waals surface area contributed by atoms with Gasteiger partial charge in [0.15, 0.2) is 6.61 Å². The van der Waals surface area contributed by atoms with Crippen LogP contribution in [0.4, 0.5) is 18.9 Å². The Hall–Kier alpha value is -2.32. The average molecular weight is 393 g/mol. The van der Waals surface area contributed by atoms with Gasteiger partial charge >= 0.3 is 12.1 Å². The Morgan fingerprint density at radius 3 is 2.16 bits per heavy atom. The van der Waals surface area contributed by atoms with Gasteiger partial charge in [-0.2, -0.15) is 13.2 Å². The van der Waals surface area contributed by atoms with Crippen molar-refractivity contribution in [2.75, 3.05) is 11.9 Å². The number of ether oxygens (including phenoxy) is 1. The van der Waals surface area contributed by atoms with Crippen LogP contribution in [0.25, 0.3) is 0 Å². The molecule has 1 aromatic carbocycles. The van der Waals surface area contributed by atoms with E-state index in [1.807, 2.05) is 0 Å². The maximum Gasteiger partial charge on any atom is 0.416 e. The van der Waals surface area contributed by atoms with E-state index in [9.17, 15) is 22.8 Å². The van der Waals surface area contributed by atoms with E-state index < -0.39 is 30.2 Å². The molecule has 0 aliphatic heterocycles. The lowest BCUT2D eigenvalue weighted by Gasteiger charge is -2.09. The number of nitrogens with one attached hydrogen (secondary N) is 1. The Bertz CT molecular complexity index is 775. The average Bonchev–Trinajstić information content (AvgIpc) is 2.51. The highest BCUT2D eigenvalue weighted by atomic mass is 35.5. The van der Waals surface area contributed by atoms with Crippen LogP contribution >= 0.6 is 23.2 Å². The molecule has 0 aliphatic carbocycles. The first kappa shape index (κ1) is 19.0. The van der Waals surface area contributed by atoms with E-state index in [4.69, 9.17) is 27.9 Å². The normalized spacial score (nSPS) is 11.1. The quantitative estimate of drug-likeness (QED) is 0.625. The fourth-order valence-electron chi connectivity index (χ4n) is 1.74. The molecule has 2 aromatic rings. The molecule has 0 bridgehead atoms. The van der Waals surface area contributed by atoms with Gasteiger partial charge in [-0.1, -0.05) is 23.2 Å². The van der Waals surface area contributed by atoms with Crippen molar-refractivity contribution in [3.05, 3.63) is 57.8 Å². The standard InChI is InChI=1S/C15H9Cl2F3N2O3/c16-11-5-8(6-12(17)22-11)14(24)25-7-13(23)21-10-3-1-9(2-4-10)15(18,19)20/h1-6H,7H2,(H,21,23). The maximum atomic E-state index is 12.4. The molecule has 0 saturated carbocycles. The summed E-state index contributed by atoms with van der Waals surface area (Å²) in [4.78, 5) is 27.1. The number of benzene rings is 1. The van der Waals surface area contributed by atoms with Crippen LogP contribution in [0, 0.1) is 0 Å². The molecule has 25 heavy (non-hydrogen) atoms. The van der Waals surface area contributed by atoms with Crippen molar-refractivity contribution in [3.63, 3.8) is 0 Å². The van der Waals surface area contributed by atoms with Crippen molar-refractivity contribution in [2.45, 2.75) is 6.18 Å². The third-order valence-corrected chi connectivity index (χ3v) is 3.22. The summed E-state index contributed by atoms with van der Waals surface area (Å²) in [6.07, 6.45) is -4.47. The Labute approximate surface area is 149 Å². The molecule has 0 fully saturated rings. The summed E-state index contributed by atoms with van der Waals surface area (Å²) < 4.78 is 42.1. The Balaban J connectivity index is 1.91. The zero-order chi connectivity index (χ0) is 18.6. The fraction of sp³-hybridized carbons (Fsp3) is 0.133. The molecule has 0 aliphatic rings. The van der Waals surface area contributed by atoms with E-state index in [0.29, 0.717) is 0 Å². The molecule has 10 heteroatoms. The highest BCUT2D eigenvalue weighted by Crippen LogP contribution is 2.29. The van der Waals surface area contributed by atoms with Crippen LogP contribution in [-0.4, -0.2) is 23.5 Å². The molecule has 132 valence electrons. The van der Waals surface area contributed by atoms with Crippen molar-refractivity contribution in [1.82, 2.24) is 4.98 Å². The summed E-state index contributed by atoms with van der Waals surface area (Å²) in [6, 6.07) is 6.24. The zero-order valence-corrected chi connectivity index (χ0v) is 13.7. The molecule has 1 N–H and O–H groups in total. The molecule has 1 amide bonds. The largest absolute Gasteiger partial charge is 0.452 e. The van der Waals surface area contributed by atoms with E-state index in [1.54, 1.807) is 0 Å². The molecule has 2 rings (SSSR count). The second-order valence-electron chi connectivity index (χ2n) is 4.70. The second kappa shape index (κ2) is 7.71. The van der Waals surface area contributed by atoms with Crippen LogP contribution in [-0.2, 0) is 15.7 Å². The minimum Gasteiger partial charge on any atom is -0.452 e. The molecular formula is C15H9Cl2F3N2O3. The predicted octanol–water partition coefficient (Wildman–Crippen LogP) is 4.20. The summed E-state index contributed by atoms with van der Waals surface area (Å²) >= 11 is 11.3. The Morgan fingerprint density at radius 2 is 1.64 bits per heavy atom. The van der Waals surface area contributed by atoms with E-state index in [1.165, 1.54) is 12.1 Å². The first-order valence-electron chi connectivity index (χ1n) is 6.62. The predicted molar refractivity (Wildman–Crippen MR) is 84.6 cm³/mol. The molecule has 5 nitrogen and oxygen atoms in total. The molecular weight excluding hydrogens is 384 g/mol. The van der Waals surface area contributed by atoms with Gasteiger partial charge in [-0.15, -0.1) is 0 Å². The minimum atomic E-state index is -4.47. The van der Waals surface area contributed by atoms with Crippen LogP contribution in [0.5, 0.6) is 0 Å². The SMILES string of the molecule is O=C(COC(=O)c1cc(Cl)nc(Cl)c1)Nc1ccc(C(F)(F)F)cc1. The monoisotopic (exact) mass is 392 g/mol. The number of aromatic nitrogens is 1. The molecule has 0 radical (unpaired) electrons. The Morgan fingerprint density at radius 1 is 1.08 bits per heavy atom. The van der Waals surface area contributed by atoms with Gasteiger partial charge in [-0.05, 0) is 36.4 Å². The van der Waals surface area contributed by atoms with E-state index in [2.05, 4.69) is 10.3 Å². The number of nitrogens with zero attached hydrogens (tertiary/aromatic N) is 1. The third kappa shape index (κ3) is 5.61. The lowest BCUT2D eigenvalue weighted by atomic mass is 10.2. The van der Waals surface area contributed by atoms with Crippen molar-refractivity contribution >= 4 is 40.8 Å². The highest BCUT2D eigenvalue weighted by molar-refractivity contribution is 6.32. The second-order valence-corrected chi connectivity index (χ2v) is 5.48. The van der Waals surface area contributed by atoms with Crippen LogP contribution in [0.2, 0.25) is 10.3 Å². The van der Waals surface area contributed by atoms with Gasteiger partial charge in [-0.25, -0.2) is 9.78 Å². The molecule has 0 atom stereocenters. The minimum absolute atomic E-state index is 0.00679.